The minimum absolute atomic E-state index is 0.180. The van der Waals surface area contributed by atoms with Crippen LogP contribution in [0.25, 0.3) is 21.7 Å². The third kappa shape index (κ3) is 3.42. The fraction of sp³-hybridized carbons (Fsp3) is 0.0909. The van der Waals surface area contributed by atoms with Crippen LogP contribution in [0.1, 0.15) is 10.4 Å². The average Bonchev–Trinajstić information content (AvgIpc) is 3.15. The Labute approximate surface area is 173 Å². The summed E-state index contributed by atoms with van der Waals surface area (Å²) in [5, 5.41) is 2.00. The van der Waals surface area contributed by atoms with Crippen molar-refractivity contribution in [3.05, 3.63) is 72.4 Å². The first-order valence-electron chi connectivity index (χ1n) is 9.15. The van der Waals surface area contributed by atoms with Gasteiger partial charge < -0.3 is 9.88 Å². The molecule has 0 atom stereocenters. The molecule has 0 radical (unpaired) electrons. The van der Waals surface area contributed by atoms with E-state index in [9.17, 15) is 18.0 Å². The highest BCUT2D eigenvalue weighted by Gasteiger charge is 2.22. The summed E-state index contributed by atoms with van der Waals surface area (Å²) in [6, 6.07) is 17.1. The molecule has 4 aromatic rings. The highest BCUT2D eigenvalue weighted by Crippen LogP contribution is 2.27. The maximum absolute atomic E-state index is 13.0. The zero-order valence-corrected chi connectivity index (χ0v) is 17.2. The molecule has 3 aromatic carbocycles. The molecule has 0 aliphatic carbocycles. The molecule has 0 saturated carbocycles. The van der Waals surface area contributed by atoms with Gasteiger partial charge in [-0.25, -0.2) is 8.42 Å². The van der Waals surface area contributed by atoms with Crippen LogP contribution in [0.2, 0.25) is 0 Å². The molecule has 0 unspecified atom stereocenters. The number of ketones is 1. The summed E-state index contributed by atoms with van der Waals surface area (Å²) in [6.45, 7) is 0. The van der Waals surface area contributed by atoms with E-state index in [1.54, 1.807) is 42.5 Å². The third-order valence-electron chi connectivity index (χ3n) is 4.82. The molecule has 0 spiro atoms. The van der Waals surface area contributed by atoms with E-state index in [0.29, 0.717) is 22.0 Å². The first-order chi connectivity index (χ1) is 14.3. The molecule has 0 aliphatic rings. The molecule has 30 heavy (non-hydrogen) atoms. The van der Waals surface area contributed by atoms with Crippen molar-refractivity contribution in [3.8, 4) is 0 Å². The molecule has 2 N–H and O–H groups in total. The SMILES string of the molecule is CN(C)C(=O)C(=O)c1c[nH]c2cc(NS(=O)(=O)c3cccc4ccccc34)ccc12. The van der Waals surface area contributed by atoms with Gasteiger partial charge in [-0.3, -0.25) is 14.3 Å². The van der Waals surface area contributed by atoms with Crippen LogP contribution in [0.4, 0.5) is 5.69 Å². The average molecular weight is 421 g/mol. The molecular formula is C22H19N3O4S. The Morgan fingerprint density at radius 2 is 1.67 bits per heavy atom. The third-order valence-corrected chi connectivity index (χ3v) is 6.26. The van der Waals surface area contributed by atoms with Crippen LogP contribution < -0.4 is 4.72 Å². The van der Waals surface area contributed by atoms with E-state index in [1.807, 2.05) is 18.2 Å². The van der Waals surface area contributed by atoms with Crippen LogP contribution in [0.3, 0.4) is 0 Å². The van der Waals surface area contributed by atoms with E-state index in [2.05, 4.69) is 9.71 Å². The number of H-pyrrole nitrogens is 1. The quantitative estimate of drug-likeness (QED) is 0.381. The predicted octanol–water partition coefficient (Wildman–Crippen LogP) is 3.39. The number of anilines is 1. The minimum atomic E-state index is -3.83. The number of hydrogen-bond acceptors (Lipinski definition) is 4. The number of Topliss-reactive ketones (excluding diaryl/α,β-unsaturated/α-hetero) is 1. The number of aromatic nitrogens is 1. The van der Waals surface area contributed by atoms with Gasteiger partial charge in [0.2, 0.25) is 0 Å². The van der Waals surface area contributed by atoms with Gasteiger partial charge in [-0.05, 0) is 23.6 Å². The van der Waals surface area contributed by atoms with Gasteiger partial charge in [0.25, 0.3) is 21.7 Å². The van der Waals surface area contributed by atoms with Gasteiger partial charge in [0.15, 0.2) is 0 Å². The second-order valence-electron chi connectivity index (χ2n) is 7.07. The molecule has 0 saturated heterocycles. The monoisotopic (exact) mass is 421 g/mol. The number of nitrogens with zero attached hydrogens (tertiary/aromatic N) is 1. The molecule has 1 aromatic heterocycles. The van der Waals surface area contributed by atoms with Crippen LogP contribution >= 0.6 is 0 Å². The van der Waals surface area contributed by atoms with Gasteiger partial charge in [-0.2, -0.15) is 0 Å². The summed E-state index contributed by atoms with van der Waals surface area (Å²) in [6.07, 6.45) is 1.46. The lowest BCUT2D eigenvalue weighted by Crippen LogP contribution is -2.29. The van der Waals surface area contributed by atoms with E-state index in [-0.39, 0.29) is 10.5 Å². The van der Waals surface area contributed by atoms with Crippen molar-refractivity contribution in [2.75, 3.05) is 18.8 Å². The van der Waals surface area contributed by atoms with Gasteiger partial charge in [-0.15, -0.1) is 0 Å². The van der Waals surface area contributed by atoms with Gasteiger partial charge in [0.1, 0.15) is 0 Å². The smallest absolute Gasteiger partial charge is 0.294 e. The second kappa shape index (κ2) is 7.31. The largest absolute Gasteiger partial charge is 0.360 e. The number of sulfonamides is 1. The highest BCUT2D eigenvalue weighted by molar-refractivity contribution is 7.93. The Kier molecular flexibility index (Phi) is 4.79. The number of benzene rings is 3. The van der Waals surface area contributed by atoms with Crippen LogP contribution in [0.5, 0.6) is 0 Å². The number of hydrogen-bond donors (Lipinski definition) is 2. The van der Waals surface area contributed by atoms with E-state index in [1.165, 1.54) is 25.2 Å². The normalized spacial score (nSPS) is 11.5. The van der Waals surface area contributed by atoms with Crippen molar-refractivity contribution < 1.29 is 18.0 Å². The molecule has 0 aliphatic heterocycles. The Balaban J connectivity index is 1.69. The topological polar surface area (TPSA) is 99.3 Å². The van der Waals surface area contributed by atoms with Crippen molar-refractivity contribution in [1.29, 1.82) is 0 Å². The lowest BCUT2D eigenvalue weighted by Gasteiger charge is -2.11. The molecule has 4 rings (SSSR count). The first kappa shape index (κ1) is 19.7. The summed E-state index contributed by atoms with van der Waals surface area (Å²) >= 11 is 0. The van der Waals surface area contributed by atoms with Crippen molar-refractivity contribution in [1.82, 2.24) is 9.88 Å². The van der Waals surface area contributed by atoms with Gasteiger partial charge in [-0.1, -0.05) is 42.5 Å². The van der Waals surface area contributed by atoms with Crippen molar-refractivity contribution in [2.45, 2.75) is 4.90 Å². The number of rotatable bonds is 5. The summed E-state index contributed by atoms with van der Waals surface area (Å²) in [5.74, 6) is -1.26. The fourth-order valence-corrected chi connectivity index (χ4v) is 4.62. The molecule has 0 fully saturated rings. The molecule has 1 heterocycles. The number of carbonyl (C=O) groups excluding carboxylic acids is 2. The maximum Gasteiger partial charge on any atom is 0.294 e. The highest BCUT2D eigenvalue weighted by atomic mass is 32.2. The van der Waals surface area contributed by atoms with Crippen molar-refractivity contribution >= 4 is 49.1 Å². The maximum atomic E-state index is 13.0. The summed E-state index contributed by atoms with van der Waals surface area (Å²) in [5.41, 5.74) is 1.13. The first-order valence-corrected chi connectivity index (χ1v) is 10.6. The van der Waals surface area contributed by atoms with Gasteiger partial charge in [0, 0.05) is 36.6 Å². The number of carbonyl (C=O) groups is 2. The number of likely N-dealkylation sites (N-methyl/N-ethyl adjacent to an activating group) is 1. The van der Waals surface area contributed by atoms with Gasteiger partial charge >= 0.3 is 0 Å². The summed E-state index contributed by atoms with van der Waals surface area (Å²) in [4.78, 5) is 28.7. The Bertz CT molecular complexity index is 1400. The zero-order chi connectivity index (χ0) is 21.5. The molecule has 8 heteroatoms. The molecule has 0 bridgehead atoms. The molecule has 1 amide bonds. The summed E-state index contributed by atoms with van der Waals surface area (Å²) < 4.78 is 28.6. The van der Waals surface area contributed by atoms with E-state index < -0.39 is 21.7 Å². The standard InChI is InChI=1S/C22H19N3O4S/c1-25(2)22(27)21(26)18-13-23-19-12-15(10-11-17(18)19)24-30(28,29)20-9-5-7-14-6-3-4-8-16(14)20/h3-13,23-24H,1-2H3. The number of fused-ring (bicyclic) bond motifs is 2. The lowest BCUT2D eigenvalue weighted by molar-refractivity contribution is -0.124. The Hall–Kier alpha value is -3.65. The zero-order valence-electron chi connectivity index (χ0n) is 16.3. The van der Waals surface area contributed by atoms with Crippen LogP contribution in [-0.4, -0.2) is 44.1 Å². The molecule has 7 nitrogen and oxygen atoms in total. The Morgan fingerprint density at radius 1 is 0.933 bits per heavy atom. The van der Waals surface area contributed by atoms with E-state index in [0.717, 1.165) is 5.39 Å². The minimum Gasteiger partial charge on any atom is -0.360 e. The van der Waals surface area contributed by atoms with Crippen LogP contribution in [-0.2, 0) is 14.8 Å². The van der Waals surface area contributed by atoms with Crippen molar-refractivity contribution in [3.63, 3.8) is 0 Å². The molecular weight excluding hydrogens is 402 g/mol. The predicted molar refractivity (Wildman–Crippen MR) is 116 cm³/mol. The van der Waals surface area contributed by atoms with E-state index >= 15 is 0 Å². The van der Waals surface area contributed by atoms with Crippen molar-refractivity contribution in [2.24, 2.45) is 0 Å². The lowest BCUT2D eigenvalue weighted by atomic mass is 10.1. The van der Waals surface area contributed by atoms with Crippen LogP contribution in [0.15, 0.2) is 71.8 Å². The van der Waals surface area contributed by atoms with Gasteiger partial charge in [0.05, 0.1) is 16.1 Å². The summed E-state index contributed by atoms with van der Waals surface area (Å²) in [7, 11) is -0.816. The fourth-order valence-electron chi connectivity index (χ4n) is 3.34. The number of aromatic amines is 1. The number of amides is 1. The Morgan fingerprint density at radius 3 is 2.43 bits per heavy atom. The molecule has 152 valence electrons. The van der Waals surface area contributed by atoms with E-state index in [4.69, 9.17) is 0 Å². The van der Waals surface area contributed by atoms with Crippen LogP contribution in [0, 0.1) is 0 Å². The second-order valence-corrected chi connectivity index (χ2v) is 8.73. The number of nitrogens with one attached hydrogen (secondary N) is 2.